The van der Waals surface area contributed by atoms with Gasteiger partial charge in [-0.3, -0.25) is 0 Å². The van der Waals surface area contributed by atoms with Crippen LogP contribution >= 0.6 is 0 Å². The molecule has 0 amide bonds. The maximum Gasteiger partial charge on any atom is 0.336 e. The Kier molecular flexibility index (Phi) is 5.96. The van der Waals surface area contributed by atoms with Crippen molar-refractivity contribution in [3.05, 3.63) is 46.5 Å². The third kappa shape index (κ3) is 3.58. The average Bonchev–Trinajstić information content (AvgIpc) is 2.56. The summed E-state index contributed by atoms with van der Waals surface area (Å²) >= 11 is 0. The van der Waals surface area contributed by atoms with Crippen LogP contribution in [0.3, 0.4) is 0 Å². The van der Waals surface area contributed by atoms with E-state index >= 15 is 0 Å². The van der Waals surface area contributed by atoms with Crippen molar-refractivity contribution in [3.63, 3.8) is 0 Å². The summed E-state index contributed by atoms with van der Waals surface area (Å²) < 4.78 is 0. The standard InChI is InChI=1S/C20H24O4/c1-3-5-8-13-12-14-9-7-11-16(19(21)22)17(14)18(20(23)24)15(13)10-6-4-2/h7,9,11-12H,3-6,8,10H2,1-2H3,(H,21,22)(H,23,24). The van der Waals surface area contributed by atoms with Crippen LogP contribution in [0.1, 0.15) is 71.4 Å². The summed E-state index contributed by atoms with van der Waals surface area (Å²) in [4.78, 5) is 23.6. The molecule has 0 atom stereocenters. The lowest BCUT2D eigenvalue weighted by Crippen LogP contribution is -2.11. The molecule has 0 aliphatic rings. The Morgan fingerprint density at radius 1 is 0.958 bits per heavy atom. The minimum atomic E-state index is -1.09. The van der Waals surface area contributed by atoms with Crippen LogP contribution in [-0.2, 0) is 12.8 Å². The molecule has 2 aromatic rings. The molecule has 2 aromatic carbocycles. The van der Waals surface area contributed by atoms with Gasteiger partial charge in [-0.1, -0.05) is 44.9 Å². The number of benzene rings is 2. The zero-order valence-electron chi connectivity index (χ0n) is 14.3. The third-order valence-electron chi connectivity index (χ3n) is 4.39. The highest BCUT2D eigenvalue weighted by molar-refractivity contribution is 6.13. The number of rotatable bonds is 8. The molecule has 4 nitrogen and oxygen atoms in total. The van der Waals surface area contributed by atoms with Crippen LogP contribution in [0.15, 0.2) is 24.3 Å². The smallest absolute Gasteiger partial charge is 0.336 e. The van der Waals surface area contributed by atoms with Gasteiger partial charge in [-0.15, -0.1) is 0 Å². The highest BCUT2D eigenvalue weighted by Crippen LogP contribution is 2.31. The number of aromatic carboxylic acids is 2. The van der Waals surface area contributed by atoms with Gasteiger partial charge < -0.3 is 10.2 Å². The second kappa shape index (κ2) is 7.95. The fourth-order valence-electron chi connectivity index (χ4n) is 3.20. The van der Waals surface area contributed by atoms with Crippen LogP contribution in [0.25, 0.3) is 10.8 Å². The number of fused-ring (bicyclic) bond motifs is 1. The number of unbranched alkanes of at least 4 members (excludes halogenated alkanes) is 2. The van der Waals surface area contributed by atoms with Crippen LogP contribution < -0.4 is 0 Å². The largest absolute Gasteiger partial charge is 0.478 e. The average molecular weight is 328 g/mol. The van der Waals surface area contributed by atoms with Crippen LogP contribution in [0.5, 0.6) is 0 Å². The number of carboxylic acid groups (broad SMARTS) is 2. The lowest BCUT2D eigenvalue weighted by atomic mass is 9.87. The molecule has 0 aromatic heterocycles. The monoisotopic (exact) mass is 328 g/mol. The van der Waals surface area contributed by atoms with Crippen LogP contribution in [-0.4, -0.2) is 22.2 Å². The van der Waals surface area contributed by atoms with Crippen molar-refractivity contribution in [3.8, 4) is 0 Å². The summed E-state index contributed by atoms with van der Waals surface area (Å²) in [7, 11) is 0. The second-order valence-electron chi connectivity index (χ2n) is 6.11. The van der Waals surface area contributed by atoms with Crippen LogP contribution in [0, 0.1) is 0 Å². The van der Waals surface area contributed by atoms with E-state index in [1.54, 1.807) is 12.1 Å². The topological polar surface area (TPSA) is 74.6 Å². The predicted molar refractivity (Wildman–Crippen MR) is 95.1 cm³/mol. The van der Waals surface area contributed by atoms with Gasteiger partial charge >= 0.3 is 11.9 Å². The van der Waals surface area contributed by atoms with E-state index in [1.165, 1.54) is 6.07 Å². The van der Waals surface area contributed by atoms with E-state index < -0.39 is 11.9 Å². The van der Waals surface area contributed by atoms with E-state index in [1.807, 2.05) is 6.07 Å². The molecular weight excluding hydrogens is 304 g/mol. The van der Waals surface area contributed by atoms with Gasteiger partial charge in [-0.25, -0.2) is 9.59 Å². The maximum absolute atomic E-state index is 12.0. The van der Waals surface area contributed by atoms with Crippen molar-refractivity contribution in [1.29, 1.82) is 0 Å². The minimum Gasteiger partial charge on any atom is -0.478 e. The zero-order chi connectivity index (χ0) is 17.7. The van der Waals surface area contributed by atoms with Crippen molar-refractivity contribution in [1.82, 2.24) is 0 Å². The lowest BCUT2D eigenvalue weighted by molar-refractivity contribution is 0.0694. The molecule has 0 saturated carbocycles. The summed E-state index contributed by atoms with van der Waals surface area (Å²) in [5.74, 6) is -2.14. The number of hydrogen-bond acceptors (Lipinski definition) is 2. The molecule has 0 unspecified atom stereocenters. The number of carbonyl (C=O) groups is 2. The molecule has 0 heterocycles. The maximum atomic E-state index is 12.0. The Morgan fingerprint density at radius 3 is 2.21 bits per heavy atom. The highest BCUT2D eigenvalue weighted by Gasteiger charge is 2.22. The number of aryl methyl sites for hydroxylation is 1. The van der Waals surface area contributed by atoms with E-state index in [0.29, 0.717) is 17.2 Å². The molecule has 0 bridgehead atoms. The van der Waals surface area contributed by atoms with Crippen molar-refractivity contribution in [2.24, 2.45) is 0 Å². The van der Waals surface area contributed by atoms with Crippen LogP contribution in [0.4, 0.5) is 0 Å². The van der Waals surface area contributed by atoms with E-state index in [9.17, 15) is 19.8 Å². The van der Waals surface area contributed by atoms with Gasteiger partial charge in [0, 0.05) is 5.39 Å². The molecule has 4 heteroatoms. The van der Waals surface area contributed by atoms with Crippen molar-refractivity contribution >= 4 is 22.7 Å². The van der Waals surface area contributed by atoms with E-state index in [2.05, 4.69) is 13.8 Å². The normalized spacial score (nSPS) is 10.9. The molecule has 0 aliphatic carbocycles. The first-order valence-corrected chi connectivity index (χ1v) is 8.55. The lowest BCUT2D eigenvalue weighted by Gasteiger charge is -2.17. The molecule has 0 fully saturated rings. The Hall–Kier alpha value is -2.36. The fraction of sp³-hybridized carbons (Fsp3) is 0.400. The van der Waals surface area contributed by atoms with Gasteiger partial charge in [-0.05, 0) is 48.3 Å². The Morgan fingerprint density at radius 2 is 1.62 bits per heavy atom. The van der Waals surface area contributed by atoms with Gasteiger partial charge in [0.1, 0.15) is 0 Å². The van der Waals surface area contributed by atoms with E-state index in [-0.39, 0.29) is 11.1 Å². The summed E-state index contributed by atoms with van der Waals surface area (Å²) in [5, 5.41) is 20.3. The van der Waals surface area contributed by atoms with Gasteiger partial charge in [0.25, 0.3) is 0 Å². The van der Waals surface area contributed by atoms with Crippen molar-refractivity contribution < 1.29 is 19.8 Å². The Bertz CT molecular complexity index is 762. The van der Waals surface area contributed by atoms with Crippen molar-refractivity contribution in [2.75, 3.05) is 0 Å². The van der Waals surface area contributed by atoms with Crippen LogP contribution in [0.2, 0.25) is 0 Å². The SMILES string of the molecule is CCCCc1cc2cccc(C(=O)O)c2c(C(=O)O)c1CCCC. The van der Waals surface area contributed by atoms with Gasteiger partial charge in [0.2, 0.25) is 0 Å². The molecular formula is C20H24O4. The van der Waals surface area contributed by atoms with Crippen molar-refractivity contribution in [2.45, 2.75) is 52.4 Å². The highest BCUT2D eigenvalue weighted by atomic mass is 16.4. The summed E-state index contributed by atoms with van der Waals surface area (Å²) in [5.41, 5.74) is 2.08. The first-order chi connectivity index (χ1) is 11.5. The predicted octanol–water partition coefficient (Wildman–Crippen LogP) is 4.92. The summed E-state index contributed by atoms with van der Waals surface area (Å²) in [6.07, 6.45) is 5.36. The number of hydrogen-bond donors (Lipinski definition) is 2. The Labute approximate surface area is 142 Å². The van der Waals surface area contributed by atoms with E-state index in [0.717, 1.165) is 43.2 Å². The molecule has 0 aliphatic heterocycles. The quantitative estimate of drug-likeness (QED) is 0.721. The van der Waals surface area contributed by atoms with E-state index in [4.69, 9.17) is 0 Å². The third-order valence-corrected chi connectivity index (χ3v) is 4.39. The molecule has 0 saturated heterocycles. The molecule has 2 N–H and O–H groups in total. The molecule has 128 valence electrons. The summed E-state index contributed by atoms with van der Waals surface area (Å²) in [6.45, 7) is 4.17. The first kappa shape index (κ1) is 18.0. The second-order valence-corrected chi connectivity index (χ2v) is 6.11. The molecule has 0 spiro atoms. The summed E-state index contributed by atoms with van der Waals surface area (Å²) in [6, 6.07) is 6.93. The van der Waals surface area contributed by atoms with Gasteiger partial charge in [0.05, 0.1) is 11.1 Å². The number of carboxylic acids is 2. The fourth-order valence-corrected chi connectivity index (χ4v) is 3.20. The molecule has 2 rings (SSSR count). The molecule has 0 radical (unpaired) electrons. The van der Waals surface area contributed by atoms with Gasteiger partial charge in [-0.2, -0.15) is 0 Å². The zero-order valence-corrected chi connectivity index (χ0v) is 14.3. The Balaban J connectivity index is 2.82. The van der Waals surface area contributed by atoms with Gasteiger partial charge in [0.15, 0.2) is 0 Å². The molecule has 24 heavy (non-hydrogen) atoms. The minimum absolute atomic E-state index is 0.0599. The first-order valence-electron chi connectivity index (χ1n) is 8.55.